The average molecular weight is 518 g/mol. The van der Waals surface area contributed by atoms with Gasteiger partial charge < -0.3 is 29.3 Å². The number of aliphatic hydroxyl groups excluding tert-OH is 1. The van der Waals surface area contributed by atoms with Gasteiger partial charge in [-0.1, -0.05) is 35.9 Å². The molecule has 0 spiro atoms. The summed E-state index contributed by atoms with van der Waals surface area (Å²) >= 11 is 0. The number of aromatic hydroxyl groups is 1. The van der Waals surface area contributed by atoms with Crippen molar-refractivity contribution in [3.05, 3.63) is 94.6 Å². The summed E-state index contributed by atoms with van der Waals surface area (Å²) in [4.78, 5) is 27.6. The van der Waals surface area contributed by atoms with Crippen molar-refractivity contribution in [1.29, 1.82) is 0 Å². The van der Waals surface area contributed by atoms with E-state index < -0.39 is 17.7 Å². The molecule has 4 rings (SSSR count). The van der Waals surface area contributed by atoms with Gasteiger partial charge in [-0.25, -0.2) is 0 Å². The van der Waals surface area contributed by atoms with Gasteiger partial charge in [0.25, 0.3) is 11.7 Å². The van der Waals surface area contributed by atoms with Crippen molar-refractivity contribution in [2.24, 2.45) is 0 Å². The van der Waals surface area contributed by atoms with Crippen LogP contribution < -0.4 is 9.47 Å². The van der Waals surface area contributed by atoms with E-state index in [0.29, 0.717) is 36.5 Å². The number of likely N-dealkylation sites (tertiary alicyclic amines) is 1. The van der Waals surface area contributed by atoms with E-state index in [9.17, 15) is 19.8 Å². The molecule has 0 aliphatic carbocycles. The van der Waals surface area contributed by atoms with Gasteiger partial charge in [0, 0.05) is 25.8 Å². The van der Waals surface area contributed by atoms with E-state index in [2.05, 4.69) is 0 Å². The molecule has 2 N–H and O–H groups in total. The number of aryl methyl sites for hydroxylation is 1. The Bertz CT molecular complexity index is 1350. The number of methoxy groups -OCH3 is 2. The molecule has 3 aromatic rings. The van der Waals surface area contributed by atoms with Crippen molar-refractivity contribution in [2.45, 2.75) is 26.0 Å². The van der Waals surface area contributed by atoms with Crippen molar-refractivity contribution in [3.63, 3.8) is 0 Å². The predicted octanol–water partition coefficient (Wildman–Crippen LogP) is 4.75. The second kappa shape index (κ2) is 11.8. The van der Waals surface area contributed by atoms with Crippen molar-refractivity contribution in [1.82, 2.24) is 4.90 Å². The van der Waals surface area contributed by atoms with E-state index in [1.165, 1.54) is 18.1 Å². The minimum Gasteiger partial charge on any atom is -0.507 e. The van der Waals surface area contributed by atoms with Crippen molar-refractivity contribution in [3.8, 4) is 17.2 Å². The lowest BCUT2D eigenvalue weighted by atomic mass is 9.95. The molecular formula is C30H31NO7. The number of hydrogen-bond acceptors (Lipinski definition) is 7. The van der Waals surface area contributed by atoms with E-state index in [4.69, 9.17) is 14.2 Å². The Balaban J connectivity index is 1.66. The monoisotopic (exact) mass is 517 g/mol. The molecule has 8 nitrogen and oxygen atoms in total. The number of ether oxygens (including phenoxy) is 3. The molecule has 0 unspecified atom stereocenters. The molecular weight excluding hydrogens is 486 g/mol. The number of phenols is 1. The summed E-state index contributed by atoms with van der Waals surface area (Å²) in [5, 5.41) is 21.3. The van der Waals surface area contributed by atoms with Gasteiger partial charge in [-0.2, -0.15) is 0 Å². The number of hydrogen-bond donors (Lipinski definition) is 2. The number of Topliss-reactive ketones (excluding diaryl/α,β-unsaturated/α-hetero) is 1. The highest BCUT2D eigenvalue weighted by molar-refractivity contribution is 6.46. The Hall–Kier alpha value is -4.30. The number of aliphatic hydroxyl groups is 1. The zero-order valence-corrected chi connectivity index (χ0v) is 21.6. The first kappa shape index (κ1) is 26.8. The summed E-state index contributed by atoms with van der Waals surface area (Å²) in [6, 6.07) is 18.5. The van der Waals surface area contributed by atoms with Crippen LogP contribution in [0.25, 0.3) is 5.76 Å². The third-order valence-corrected chi connectivity index (χ3v) is 6.42. The van der Waals surface area contributed by atoms with Crippen LogP contribution in [0, 0.1) is 6.92 Å². The molecule has 1 amide bonds. The summed E-state index contributed by atoms with van der Waals surface area (Å²) in [6.45, 7) is 3.06. The molecule has 1 atom stereocenters. The lowest BCUT2D eigenvalue weighted by Crippen LogP contribution is -2.31. The van der Waals surface area contributed by atoms with Gasteiger partial charge >= 0.3 is 0 Å². The summed E-state index contributed by atoms with van der Waals surface area (Å²) < 4.78 is 16.2. The molecule has 0 aromatic heterocycles. The second-order valence-corrected chi connectivity index (χ2v) is 9.07. The van der Waals surface area contributed by atoms with Crippen LogP contribution in [0.15, 0.2) is 72.3 Å². The van der Waals surface area contributed by atoms with E-state index >= 15 is 0 Å². The minimum atomic E-state index is -0.862. The zero-order valence-electron chi connectivity index (χ0n) is 21.6. The quantitative estimate of drug-likeness (QED) is 0.173. The predicted molar refractivity (Wildman–Crippen MR) is 142 cm³/mol. The Morgan fingerprint density at radius 3 is 2.45 bits per heavy atom. The van der Waals surface area contributed by atoms with Crippen LogP contribution >= 0.6 is 0 Å². The molecule has 8 heteroatoms. The summed E-state index contributed by atoms with van der Waals surface area (Å²) in [6.07, 6.45) is 0.502. The van der Waals surface area contributed by atoms with Crippen LogP contribution in [-0.2, 0) is 20.9 Å². The van der Waals surface area contributed by atoms with Crippen LogP contribution in [-0.4, -0.2) is 54.2 Å². The molecule has 1 heterocycles. The number of rotatable bonds is 10. The Morgan fingerprint density at radius 1 is 1.00 bits per heavy atom. The molecule has 0 radical (unpaired) electrons. The van der Waals surface area contributed by atoms with Gasteiger partial charge in [-0.05, 0) is 60.9 Å². The topological polar surface area (TPSA) is 106 Å². The van der Waals surface area contributed by atoms with Crippen LogP contribution in [0.4, 0.5) is 0 Å². The highest BCUT2D eigenvalue weighted by atomic mass is 16.5. The average Bonchev–Trinajstić information content (AvgIpc) is 3.17. The van der Waals surface area contributed by atoms with Gasteiger partial charge in [0.15, 0.2) is 11.5 Å². The van der Waals surface area contributed by atoms with Gasteiger partial charge in [-0.3, -0.25) is 9.59 Å². The molecule has 1 saturated heterocycles. The molecule has 1 aliphatic rings. The first-order valence-corrected chi connectivity index (χ1v) is 12.3. The summed E-state index contributed by atoms with van der Waals surface area (Å²) in [7, 11) is 2.97. The molecule has 1 fully saturated rings. The fourth-order valence-corrected chi connectivity index (χ4v) is 4.53. The number of carbonyl (C=O) groups excluding carboxylic acids is 2. The SMILES string of the molecule is COCCCN1C(=O)C(=O)/C(=C(/O)c2ccc(OCc3cccc(C)c3)cc2)[C@H]1c1ccc(O)c(OC)c1. The number of nitrogens with zero attached hydrogens (tertiary/aromatic N) is 1. The number of phenolic OH excluding ortho intramolecular Hbond substituents is 1. The number of carbonyl (C=O) groups is 2. The fourth-order valence-electron chi connectivity index (χ4n) is 4.53. The Labute approximate surface area is 221 Å². The van der Waals surface area contributed by atoms with Crippen LogP contribution in [0.2, 0.25) is 0 Å². The van der Waals surface area contributed by atoms with Crippen LogP contribution in [0.3, 0.4) is 0 Å². The van der Waals surface area contributed by atoms with Gasteiger partial charge in [0.2, 0.25) is 0 Å². The first-order valence-electron chi connectivity index (χ1n) is 12.3. The number of ketones is 1. The smallest absolute Gasteiger partial charge is 0.295 e. The summed E-state index contributed by atoms with van der Waals surface area (Å²) in [5.41, 5.74) is 3.05. The minimum absolute atomic E-state index is 0.0337. The van der Waals surface area contributed by atoms with Crippen molar-refractivity contribution < 1.29 is 34.0 Å². The van der Waals surface area contributed by atoms with E-state index in [1.807, 2.05) is 31.2 Å². The highest BCUT2D eigenvalue weighted by Crippen LogP contribution is 2.42. The molecule has 3 aromatic carbocycles. The molecule has 1 aliphatic heterocycles. The maximum absolute atomic E-state index is 13.2. The number of amides is 1. The standard InChI is InChI=1S/C30H31NO7/c1-19-6-4-7-20(16-19)18-38-23-11-8-21(9-12-23)28(33)26-27(22-10-13-24(32)25(17-22)37-3)31(14-5-15-36-2)30(35)29(26)34/h4,6-13,16-17,27,32-33H,5,14-15,18H2,1-3H3/b28-26+/t27-/m1/s1. The molecule has 38 heavy (non-hydrogen) atoms. The lowest BCUT2D eigenvalue weighted by Gasteiger charge is -2.25. The van der Waals surface area contributed by atoms with E-state index in [0.717, 1.165) is 11.1 Å². The van der Waals surface area contributed by atoms with Crippen LogP contribution in [0.1, 0.15) is 34.7 Å². The normalized spacial score (nSPS) is 16.6. The lowest BCUT2D eigenvalue weighted by molar-refractivity contribution is -0.140. The maximum Gasteiger partial charge on any atom is 0.295 e. The van der Waals surface area contributed by atoms with E-state index in [-0.39, 0.29) is 29.4 Å². The van der Waals surface area contributed by atoms with Gasteiger partial charge in [-0.15, -0.1) is 0 Å². The molecule has 0 saturated carbocycles. The van der Waals surface area contributed by atoms with Crippen molar-refractivity contribution in [2.75, 3.05) is 27.4 Å². The zero-order chi connectivity index (χ0) is 27.2. The van der Waals surface area contributed by atoms with Crippen LogP contribution in [0.5, 0.6) is 17.2 Å². The third-order valence-electron chi connectivity index (χ3n) is 6.42. The second-order valence-electron chi connectivity index (χ2n) is 9.07. The number of benzene rings is 3. The highest BCUT2D eigenvalue weighted by Gasteiger charge is 2.46. The Morgan fingerprint density at radius 2 is 1.76 bits per heavy atom. The maximum atomic E-state index is 13.2. The van der Waals surface area contributed by atoms with E-state index in [1.54, 1.807) is 43.5 Å². The Kier molecular flexibility index (Phi) is 8.33. The van der Waals surface area contributed by atoms with Gasteiger partial charge in [0.05, 0.1) is 18.7 Å². The van der Waals surface area contributed by atoms with Crippen molar-refractivity contribution >= 4 is 17.4 Å². The first-order chi connectivity index (χ1) is 18.3. The third kappa shape index (κ3) is 5.65. The molecule has 198 valence electrons. The summed E-state index contributed by atoms with van der Waals surface area (Å²) in [5.74, 6) is -1.06. The molecule has 0 bridgehead atoms. The largest absolute Gasteiger partial charge is 0.507 e. The van der Waals surface area contributed by atoms with Gasteiger partial charge in [0.1, 0.15) is 18.1 Å². The fraction of sp³-hybridized carbons (Fsp3) is 0.267.